The number of carbonyl (C=O) groups excluding carboxylic acids is 3. The van der Waals surface area contributed by atoms with Gasteiger partial charge in [-0.1, -0.05) is 41.9 Å². The number of carbonyl (C=O) groups is 3. The molecule has 1 unspecified atom stereocenters. The number of benzene rings is 2. The molecule has 0 bridgehead atoms. The topological polar surface area (TPSA) is 75.7 Å². The van der Waals surface area contributed by atoms with Crippen LogP contribution >= 0.6 is 11.6 Å². The molecule has 3 amide bonds. The van der Waals surface area contributed by atoms with Gasteiger partial charge in [-0.3, -0.25) is 19.7 Å². The number of piperidine rings is 1. The van der Waals surface area contributed by atoms with Crippen LogP contribution in [0.2, 0.25) is 5.02 Å². The van der Waals surface area contributed by atoms with E-state index in [2.05, 4.69) is 5.32 Å². The Bertz CT molecular complexity index is 929. The average molecular weight is 385 g/mol. The summed E-state index contributed by atoms with van der Waals surface area (Å²) in [4.78, 5) is 37.9. The van der Waals surface area contributed by atoms with Crippen molar-refractivity contribution >= 4 is 29.3 Å². The number of halogens is 1. The molecule has 27 heavy (non-hydrogen) atoms. The third-order valence-corrected chi connectivity index (χ3v) is 5.16. The number of nitrogens with zero attached hydrogens (tertiary/aromatic N) is 1. The lowest BCUT2D eigenvalue weighted by Gasteiger charge is -2.29. The number of nitrogens with one attached hydrogen (secondary N) is 1. The summed E-state index contributed by atoms with van der Waals surface area (Å²) in [6.45, 7) is 0.590. The number of hydrogen-bond acceptors (Lipinski definition) is 4. The summed E-state index contributed by atoms with van der Waals surface area (Å²) < 4.78 is 5.93. The molecule has 0 saturated carbocycles. The molecule has 138 valence electrons. The van der Waals surface area contributed by atoms with E-state index in [0.717, 1.165) is 5.56 Å². The zero-order valence-corrected chi connectivity index (χ0v) is 15.2. The van der Waals surface area contributed by atoms with Gasteiger partial charge in [0.2, 0.25) is 11.8 Å². The molecule has 0 spiro atoms. The molecular weight excluding hydrogens is 368 g/mol. The maximum Gasteiger partial charge on any atom is 0.256 e. The van der Waals surface area contributed by atoms with Gasteiger partial charge in [0.25, 0.3) is 5.91 Å². The first-order chi connectivity index (χ1) is 13.0. The van der Waals surface area contributed by atoms with Crippen LogP contribution in [0.4, 0.5) is 0 Å². The van der Waals surface area contributed by atoms with Crippen LogP contribution in [0.25, 0.3) is 0 Å². The van der Waals surface area contributed by atoms with Gasteiger partial charge >= 0.3 is 0 Å². The Morgan fingerprint density at radius 1 is 1.11 bits per heavy atom. The number of amides is 3. The summed E-state index contributed by atoms with van der Waals surface area (Å²) in [6, 6.07) is 12.4. The third kappa shape index (κ3) is 3.28. The molecule has 2 aliphatic heterocycles. The molecule has 0 radical (unpaired) electrons. The minimum absolute atomic E-state index is 0.210. The lowest BCUT2D eigenvalue weighted by molar-refractivity contribution is -0.136. The van der Waals surface area contributed by atoms with Crippen LogP contribution in [0.3, 0.4) is 0 Å². The summed E-state index contributed by atoms with van der Waals surface area (Å²) >= 11 is 6.26. The van der Waals surface area contributed by atoms with Crippen LogP contribution in [0.15, 0.2) is 42.5 Å². The van der Waals surface area contributed by atoms with E-state index in [1.165, 1.54) is 4.90 Å². The quantitative estimate of drug-likeness (QED) is 0.822. The van der Waals surface area contributed by atoms with Gasteiger partial charge in [0.05, 0.1) is 17.1 Å². The van der Waals surface area contributed by atoms with Gasteiger partial charge in [-0.05, 0) is 24.1 Å². The number of hydrogen-bond donors (Lipinski definition) is 1. The third-order valence-electron chi connectivity index (χ3n) is 4.85. The molecule has 4 rings (SSSR count). The Kier molecular flexibility index (Phi) is 4.58. The zero-order valence-electron chi connectivity index (χ0n) is 14.4. The van der Waals surface area contributed by atoms with E-state index in [4.69, 9.17) is 16.3 Å². The van der Waals surface area contributed by atoms with Crippen molar-refractivity contribution in [1.82, 2.24) is 10.2 Å². The van der Waals surface area contributed by atoms with Gasteiger partial charge in [0.1, 0.15) is 18.4 Å². The van der Waals surface area contributed by atoms with Crippen molar-refractivity contribution in [2.24, 2.45) is 0 Å². The number of imide groups is 1. The molecule has 1 atom stereocenters. The van der Waals surface area contributed by atoms with Gasteiger partial charge in [0, 0.05) is 12.0 Å². The molecule has 2 aliphatic rings. The summed E-state index contributed by atoms with van der Waals surface area (Å²) in [5.41, 5.74) is 2.05. The first kappa shape index (κ1) is 17.5. The lowest BCUT2D eigenvalue weighted by atomic mass is 10.0. The van der Waals surface area contributed by atoms with Crippen molar-refractivity contribution in [3.8, 4) is 5.75 Å². The number of ether oxygens (including phenoxy) is 1. The van der Waals surface area contributed by atoms with E-state index in [1.54, 1.807) is 12.1 Å². The molecule has 6 nitrogen and oxygen atoms in total. The van der Waals surface area contributed by atoms with Crippen molar-refractivity contribution in [2.45, 2.75) is 32.0 Å². The van der Waals surface area contributed by atoms with Crippen molar-refractivity contribution in [3.05, 3.63) is 64.2 Å². The Morgan fingerprint density at radius 3 is 2.63 bits per heavy atom. The molecule has 1 saturated heterocycles. The summed E-state index contributed by atoms with van der Waals surface area (Å²) in [7, 11) is 0. The molecule has 2 heterocycles. The van der Waals surface area contributed by atoms with Crippen molar-refractivity contribution < 1.29 is 19.1 Å². The van der Waals surface area contributed by atoms with Crippen molar-refractivity contribution in [2.75, 3.05) is 0 Å². The first-order valence-corrected chi connectivity index (χ1v) is 9.05. The Morgan fingerprint density at radius 2 is 1.89 bits per heavy atom. The highest BCUT2D eigenvalue weighted by Gasteiger charge is 2.41. The average Bonchev–Trinajstić information content (AvgIpc) is 3.00. The predicted octanol–water partition coefficient (Wildman–Crippen LogP) is 2.68. The number of fused-ring (bicyclic) bond motifs is 1. The first-order valence-electron chi connectivity index (χ1n) is 8.67. The van der Waals surface area contributed by atoms with Crippen LogP contribution in [-0.2, 0) is 22.7 Å². The standard InChI is InChI=1S/C20H17ClN2O4/c21-14-6-8-16(27-11-12-4-2-1-3-5-12)13-10-23(20(26)18(13)14)15-7-9-17(24)22-19(15)25/h1-6,8,15H,7,9-11H2,(H,22,24,25). The zero-order chi connectivity index (χ0) is 19.0. The van der Waals surface area contributed by atoms with E-state index >= 15 is 0 Å². The molecule has 1 fully saturated rings. The van der Waals surface area contributed by atoms with Gasteiger partial charge in [0.15, 0.2) is 0 Å². The largest absolute Gasteiger partial charge is 0.489 e. The van der Waals surface area contributed by atoms with Crippen molar-refractivity contribution in [3.63, 3.8) is 0 Å². The summed E-state index contributed by atoms with van der Waals surface area (Å²) in [5.74, 6) is -0.503. The van der Waals surface area contributed by atoms with Gasteiger partial charge in [-0.2, -0.15) is 0 Å². The lowest BCUT2D eigenvalue weighted by Crippen LogP contribution is -2.52. The fourth-order valence-electron chi connectivity index (χ4n) is 3.48. The fourth-order valence-corrected chi connectivity index (χ4v) is 3.73. The van der Waals surface area contributed by atoms with Crippen LogP contribution in [0.5, 0.6) is 5.75 Å². The van der Waals surface area contributed by atoms with E-state index in [0.29, 0.717) is 34.9 Å². The second-order valence-corrected chi connectivity index (χ2v) is 6.98. The summed E-state index contributed by atoms with van der Waals surface area (Å²) in [6.07, 6.45) is 0.518. The SMILES string of the molecule is O=C1CCC(N2Cc3c(OCc4ccccc4)ccc(Cl)c3C2=O)C(=O)N1. The van der Waals surface area contributed by atoms with Gasteiger partial charge in [-0.15, -0.1) is 0 Å². The Hall–Kier alpha value is -2.86. The van der Waals surface area contributed by atoms with E-state index in [1.807, 2.05) is 30.3 Å². The van der Waals surface area contributed by atoms with Crippen LogP contribution in [0, 0.1) is 0 Å². The van der Waals surface area contributed by atoms with Crippen LogP contribution < -0.4 is 10.1 Å². The molecule has 2 aromatic carbocycles. The van der Waals surface area contributed by atoms with Gasteiger partial charge < -0.3 is 9.64 Å². The van der Waals surface area contributed by atoms with Crippen molar-refractivity contribution in [1.29, 1.82) is 0 Å². The predicted molar refractivity (Wildman–Crippen MR) is 98.3 cm³/mol. The molecule has 7 heteroatoms. The Balaban J connectivity index is 1.59. The number of rotatable bonds is 4. The normalized spacial score (nSPS) is 19.1. The molecule has 0 aliphatic carbocycles. The smallest absolute Gasteiger partial charge is 0.256 e. The van der Waals surface area contributed by atoms with Gasteiger partial charge in [-0.25, -0.2) is 0 Å². The van der Waals surface area contributed by atoms with E-state index in [9.17, 15) is 14.4 Å². The van der Waals surface area contributed by atoms with E-state index < -0.39 is 11.9 Å². The monoisotopic (exact) mass is 384 g/mol. The molecular formula is C20H17ClN2O4. The maximum absolute atomic E-state index is 12.9. The maximum atomic E-state index is 12.9. The minimum Gasteiger partial charge on any atom is -0.489 e. The van der Waals surface area contributed by atoms with Crippen LogP contribution in [-0.4, -0.2) is 28.7 Å². The highest BCUT2D eigenvalue weighted by atomic mass is 35.5. The molecule has 2 aromatic rings. The van der Waals surface area contributed by atoms with E-state index in [-0.39, 0.29) is 24.8 Å². The highest BCUT2D eigenvalue weighted by Crippen LogP contribution is 2.38. The second-order valence-electron chi connectivity index (χ2n) is 6.57. The Labute approximate surface area is 161 Å². The highest BCUT2D eigenvalue weighted by molar-refractivity contribution is 6.34. The summed E-state index contributed by atoms with van der Waals surface area (Å²) in [5, 5.41) is 2.62. The minimum atomic E-state index is -0.680. The molecule has 1 N–H and O–H groups in total. The van der Waals surface area contributed by atoms with Crippen LogP contribution in [0.1, 0.15) is 34.3 Å². The second kappa shape index (κ2) is 7.04. The molecule has 0 aromatic heterocycles. The fraction of sp³-hybridized carbons (Fsp3) is 0.250.